The first-order chi connectivity index (χ1) is 9.20. The van der Waals surface area contributed by atoms with Gasteiger partial charge in [0.2, 0.25) is 0 Å². The summed E-state index contributed by atoms with van der Waals surface area (Å²) in [6.07, 6.45) is 2.92. The molecule has 0 radical (unpaired) electrons. The minimum Gasteiger partial charge on any atom is -0.383 e. The molecule has 0 spiro atoms. The number of methoxy groups -OCH3 is 2. The van der Waals surface area contributed by atoms with Gasteiger partial charge in [-0.25, -0.2) is 4.98 Å². The van der Waals surface area contributed by atoms with Gasteiger partial charge in [-0.3, -0.25) is 4.79 Å². The minimum absolute atomic E-state index is 0.128. The monoisotopic (exact) mass is 267 g/mol. The molecule has 6 nitrogen and oxygen atoms in total. The summed E-state index contributed by atoms with van der Waals surface area (Å²) in [5.41, 5.74) is 0.219. The lowest BCUT2D eigenvalue weighted by molar-refractivity contribution is -0.0849. The van der Waals surface area contributed by atoms with E-state index in [1.165, 1.54) is 6.07 Å². The summed E-state index contributed by atoms with van der Waals surface area (Å²) in [5.74, 6) is 0.650. The van der Waals surface area contributed by atoms with Crippen LogP contribution in [0.4, 0.5) is 0 Å². The molecular formula is C13H21N3O3. The summed E-state index contributed by atoms with van der Waals surface area (Å²) in [6, 6.07) is 1.52. The van der Waals surface area contributed by atoms with Crippen molar-refractivity contribution in [3.8, 4) is 0 Å². The molecule has 106 valence electrons. The summed E-state index contributed by atoms with van der Waals surface area (Å²) < 4.78 is 10.5. The van der Waals surface area contributed by atoms with Crippen LogP contribution in [0.15, 0.2) is 10.9 Å². The van der Waals surface area contributed by atoms with E-state index < -0.39 is 0 Å². The van der Waals surface area contributed by atoms with Crippen LogP contribution in [-0.4, -0.2) is 37.3 Å². The Labute approximate surface area is 112 Å². The third kappa shape index (κ3) is 3.20. The normalized spacial score (nSPS) is 17.2. The maximum absolute atomic E-state index is 11.7. The van der Waals surface area contributed by atoms with Gasteiger partial charge in [-0.05, 0) is 19.3 Å². The number of H-pyrrole nitrogens is 1. The zero-order chi connectivity index (χ0) is 13.7. The number of rotatable bonds is 7. The molecule has 0 aliphatic heterocycles. The van der Waals surface area contributed by atoms with Crippen LogP contribution in [0.2, 0.25) is 0 Å². The summed E-state index contributed by atoms with van der Waals surface area (Å²) in [5, 5.41) is 3.18. The second-order valence-corrected chi connectivity index (χ2v) is 4.81. The molecule has 0 saturated heterocycles. The number of ether oxygens (including phenoxy) is 2. The molecule has 2 rings (SSSR count). The first-order valence-electron chi connectivity index (χ1n) is 6.56. The van der Waals surface area contributed by atoms with Crippen molar-refractivity contribution in [2.24, 2.45) is 0 Å². The van der Waals surface area contributed by atoms with Crippen molar-refractivity contribution in [3.63, 3.8) is 0 Å². The molecule has 0 atom stereocenters. The van der Waals surface area contributed by atoms with Gasteiger partial charge in [-0.1, -0.05) is 0 Å². The Morgan fingerprint density at radius 2 is 2.26 bits per heavy atom. The highest BCUT2D eigenvalue weighted by atomic mass is 16.5. The molecule has 2 N–H and O–H groups in total. The van der Waals surface area contributed by atoms with Crippen LogP contribution in [0.25, 0.3) is 0 Å². The van der Waals surface area contributed by atoms with Crippen LogP contribution < -0.4 is 10.9 Å². The molecule has 0 bridgehead atoms. The highest BCUT2D eigenvalue weighted by molar-refractivity contribution is 5.12. The van der Waals surface area contributed by atoms with E-state index >= 15 is 0 Å². The van der Waals surface area contributed by atoms with Crippen LogP contribution >= 0.6 is 0 Å². The van der Waals surface area contributed by atoms with E-state index in [0.717, 1.165) is 31.5 Å². The van der Waals surface area contributed by atoms with E-state index in [1.54, 1.807) is 14.2 Å². The predicted octanol–water partition coefficient (Wildman–Crippen LogP) is 0.531. The first kappa shape index (κ1) is 14.2. The van der Waals surface area contributed by atoms with Crippen molar-refractivity contribution in [1.29, 1.82) is 0 Å². The average molecular weight is 267 g/mol. The van der Waals surface area contributed by atoms with Crippen molar-refractivity contribution in [3.05, 3.63) is 27.9 Å². The van der Waals surface area contributed by atoms with E-state index in [0.29, 0.717) is 19.0 Å². The van der Waals surface area contributed by atoms with Gasteiger partial charge in [0.15, 0.2) is 0 Å². The molecule has 1 aliphatic carbocycles. The largest absolute Gasteiger partial charge is 0.383 e. The zero-order valence-corrected chi connectivity index (χ0v) is 11.5. The Bertz CT molecular complexity index is 463. The molecule has 1 heterocycles. The Morgan fingerprint density at radius 3 is 2.84 bits per heavy atom. The van der Waals surface area contributed by atoms with E-state index in [-0.39, 0.29) is 11.2 Å². The van der Waals surface area contributed by atoms with E-state index in [2.05, 4.69) is 15.3 Å². The summed E-state index contributed by atoms with van der Waals surface area (Å²) in [7, 11) is 3.33. The van der Waals surface area contributed by atoms with Crippen LogP contribution in [0.5, 0.6) is 0 Å². The highest BCUT2D eigenvalue weighted by Gasteiger charge is 2.41. The van der Waals surface area contributed by atoms with Crippen LogP contribution in [0, 0.1) is 0 Å². The first-order valence-corrected chi connectivity index (χ1v) is 6.56. The molecular weight excluding hydrogens is 246 g/mol. The average Bonchev–Trinajstić information content (AvgIpc) is 2.34. The molecule has 1 saturated carbocycles. The Kier molecular flexibility index (Phi) is 4.68. The van der Waals surface area contributed by atoms with E-state index in [9.17, 15) is 4.79 Å². The van der Waals surface area contributed by atoms with Gasteiger partial charge >= 0.3 is 0 Å². The van der Waals surface area contributed by atoms with Crippen molar-refractivity contribution < 1.29 is 9.47 Å². The van der Waals surface area contributed by atoms with Gasteiger partial charge in [0.25, 0.3) is 5.56 Å². The minimum atomic E-state index is -0.387. The quantitative estimate of drug-likeness (QED) is 0.705. The lowest BCUT2D eigenvalue weighted by Crippen LogP contribution is -2.39. The predicted molar refractivity (Wildman–Crippen MR) is 71.0 cm³/mol. The lowest BCUT2D eigenvalue weighted by Gasteiger charge is -2.39. The van der Waals surface area contributed by atoms with Gasteiger partial charge in [-0.15, -0.1) is 0 Å². The number of nitrogens with one attached hydrogen (secondary N) is 2. The van der Waals surface area contributed by atoms with Crippen molar-refractivity contribution >= 4 is 0 Å². The number of aromatic nitrogens is 2. The third-order valence-corrected chi connectivity index (χ3v) is 3.57. The van der Waals surface area contributed by atoms with Gasteiger partial charge in [-0.2, -0.15) is 0 Å². The standard InChI is InChI=1S/C13H21N3O3/c1-18-7-6-14-9-10-8-11(17)16-12(15-10)13(19-2)4-3-5-13/h8,14H,3-7,9H2,1-2H3,(H,15,16,17). The summed E-state index contributed by atoms with van der Waals surface area (Å²) in [6.45, 7) is 1.92. The molecule has 0 aromatic carbocycles. The molecule has 6 heteroatoms. The SMILES string of the molecule is COCCNCc1cc(=O)[nH]c(C2(OC)CCC2)n1. The fourth-order valence-electron chi connectivity index (χ4n) is 2.24. The van der Waals surface area contributed by atoms with Gasteiger partial charge < -0.3 is 19.8 Å². The van der Waals surface area contributed by atoms with Gasteiger partial charge in [0.1, 0.15) is 11.4 Å². The third-order valence-electron chi connectivity index (χ3n) is 3.57. The number of nitrogens with zero attached hydrogens (tertiary/aromatic N) is 1. The fraction of sp³-hybridized carbons (Fsp3) is 0.692. The topological polar surface area (TPSA) is 76.2 Å². The van der Waals surface area contributed by atoms with E-state index in [4.69, 9.17) is 9.47 Å². The second kappa shape index (κ2) is 6.27. The Hall–Kier alpha value is -1.24. The van der Waals surface area contributed by atoms with Crippen LogP contribution in [0.1, 0.15) is 30.8 Å². The highest BCUT2D eigenvalue weighted by Crippen LogP contribution is 2.42. The lowest BCUT2D eigenvalue weighted by atomic mass is 9.79. The molecule has 0 unspecified atom stereocenters. The van der Waals surface area contributed by atoms with Crippen molar-refractivity contribution in [2.75, 3.05) is 27.4 Å². The smallest absolute Gasteiger partial charge is 0.251 e. The zero-order valence-electron chi connectivity index (χ0n) is 11.5. The molecule has 19 heavy (non-hydrogen) atoms. The summed E-state index contributed by atoms with van der Waals surface area (Å²) in [4.78, 5) is 19.0. The van der Waals surface area contributed by atoms with Gasteiger partial charge in [0, 0.05) is 33.4 Å². The maximum Gasteiger partial charge on any atom is 0.251 e. The molecule has 1 aromatic rings. The Balaban J connectivity index is 2.09. The Morgan fingerprint density at radius 1 is 1.47 bits per heavy atom. The number of aromatic amines is 1. The second-order valence-electron chi connectivity index (χ2n) is 4.81. The van der Waals surface area contributed by atoms with E-state index in [1.807, 2.05) is 0 Å². The number of hydrogen-bond donors (Lipinski definition) is 2. The van der Waals surface area contributed by atoms with Gasteiger partial charge in [0.05, 0.1) is 12.3 Å². The molecule has 0 amide bonds. The fourth-order valence-corrected chi connectivity index (χ4v) is 2.24. The molecule has 1 aromatic heterocycles. The molecule has 1 aliphatic rings. The molecule has 1 fully saturated rings. The maximum atomic E-state index is 11.7. The van der Waals surface area contributed by atoms with Crippen LogP contribution in [-0.2, 0) is 21.6 Å². The summed E-state index contributed by atoms with van der Waals surface area (Å²) >= 11 is 0. The van der Waals surface area contributed by atoms with Crippen molar-refractivity contribution in [2.45, 2.75) is 31.4 Å². The number of hydrogen-bond acceptors (Lipinski definition) is 5. The van der Waals surface area contributed by atoms with Crippen LogP contribution in [0.3, 0.4) is 0 Å². The van der Waals surface area contributed by atoms with Crippen molar-refractivity contribution in [1.82, 2.24) is 15.3 Å².